The van der Waals surface area contributed by atoms with Crippen LogP contribution in [-0.4, -0.2) is 0 Å². The van der Waals surface area contributed by atoms with E-state index in [2.05, 4.69) is 48.0 Å². The first kappa shape index (κ1) is 13.9. The van der Waals surface area contributed by atoms with Gasteiger partial charge in [-0.2, -0.15) is 0 Å². The summed E-state index contributed by atoms with van der Waals surface area (Å²) in [5.74, 6) is 0. The van der Waals surface area contributed by atoms with Gasteiger partial charge in [0.05, 0.1) is 5.38 Å². The lowest BCUT2D eigenvalue weighted by Crippen LogP contribution is -1.96. The molecule has 0 aromatic heterocycles. The van der Waals surface area contributed by atoms with Gasteiger partial charge in [0.25, 0.3) is 0 Å². The molecule has 2 aromatic rings. The highest BCUT2D eigenvalue weighted by molar-refractivity contribution is 9.10. The molecule has 0 heterocycles. The molecule has 0 fully saturated rings. The summed E-state index contributed by atoms with van der Waals surface area (Å²) in [4.78, 5) is 0. The first-order chi connectivity index (χ1) is 8.49. The monoisotopic (exact) mass is 342 g/mol. The van der Waals surface area contributed by atoms with E-state index in [-0.39, 0.29) is 5.38 Å². The summed E-state index contributed by atoms with van der Waals surface area (Å²) in [6.07, 6.45) is 0. The Balaban J connectivity index is 2.44. The Morgan fingerprint density at radius 2 is 1.72 bits per heavy atom. The second-order valence-electron chi connectivity index (χ2n) is 4.37. The van der Waals surface area contributed by atoms with Crippen molar-refractivity contribution in [3.63, 3.8) is 0 Å². The van der Waals surface area contributed by atoms with E-state index < -0.39 is 0 Å². The van der Waals surface area contributed by atoms with Crippen molar-refractivity contribution < 1.29 is 0 Å². The zero-order chi connectivity index (χ0) is 13.3. The molecule has 0 nitrogen and oxygen atoms in total. The molecule has 0 aliphatic carbocycles. The molecule has 3 heteroatoms. The lowest BCUT2D eigenvalue weighted by molar-refractivity contribution is 1.12. The van der Waals surface area contributed by atoms with Crippen molar-refractivity contribution >= 4 is 39.1 Å². The Kier molecular flexibility index (Phi) is 4.37. The van der Waals surface area contributed by atoms with Gasteiger partial charge in [-0.05, 0) is 54.3 Å². The summed E-state index contributed by atoms with van der Waals surface area (Å²) in [7, 11) is 0. The van der Waals surface area contributed by atoms with E-state index in [1.54, 1.807) is 0 Å². The fraction of sp³-hybridized carbons (Fsp3) is 0.200. The Bertz CT molecular complexity index is 579. The molecule has 0 saturated heterocycles. The van der Waals surface area contributed by atoms with Crippen LogP contribution in [0.3, 0.4) is 0 Å². The summed E-state index contributed by atoms with van der Waals surface area (Å²) >= 11 is 16.2. The van der Waals surface area contributed by atoms with E-state index in [1.165, 1.54) is 11.1 Å². The normalized spacial score (nSPS) is 12.5. The van der Waals surface area contributed by atoms with Crippen molar-refractivity contribution in [3.05, 3.63) is 68.1 Å². The number of hydrogen-bond acceptors (Lipinski definition) is 0. The predicted octanol–water partition coefficient (Wildman–Crippen LogP) is 6.05. The van der Waals surface area contributed by atoms with Crippen LogP contribution in [0.2, 0.25) is 5.02 Å². The van der Waals surface area contributed by atoms with Crippen molar-refractivity contribution in [1.82, 2.24) is 0 Å². The summed E-state index contributed by atoms with van der Waals surface area (Å²) in [5, 5.41) is 0.464. The summed E-state index contributed by atoms with van der Waals surface area (Å²) in [6, 6.07) is 12.0. The topological polar surface area (TPSA) is 0 Å². The largest absolute Gasteiger partial charge is 0.113 e. The third-order valence-electron chi connectivity index (χ3n) is 3.05. The first-order valence-corrected chi connectivity index (χ1v) is 7.26. The molecule has 18 heavy (non-hydrogen) atoms. The fourth-order valence-electron chi connectivity index (χ4n) is 1.81. The average Bonchev–Trinajstić information content (AvgIpc) is 2.35. The number of aryl methyl sites for hydroxylation is 2. The highest BCUT2D eigenvalue weighted by Crippen LogP contribution is 2.35. The molecule has 0 bridgehead atoms. The molecule has 2 rings (SSSR count). The quantitative estimate of drug-likeness (QED) is 0.582. The standard InChI is InChI=1S/C15H13BrCl2/c1-9-3-4-11(7-10(9)2)15(18)13-8-12(16)5-6-14(13)17/h3-8,15H,1-2H3. The Morgan fingerprint density at radius 3 is 2.39 bits per heavy atom. The molecule has 1 unspecified atom stereocenters. The molecule has 0 N–H and O–H groups in total. The molecular formula is C15H13BrCl2. The lowest BCUT2D eigenvalue weighted by Gasteiger charge is -2.14. The zero-order valence-electron chi connectivity index (χ0n) is 10.2. The minimum absolute atomic E-state index is 0.228. The minimum Gasteiger partial charge on any atom is -0.113 e. The van der Waals surface area contributed by atoms with Gasteiger partial charge in [-0.3, -0.25) is 0 Å². The predicted molar refractivity (Wildman–Crippen MR) is 82.8 cm³/mol. The highest BCUT2D eigenvalue weighted by atomic mass is 79.9. The average molecular weight is 344 g/mol. The van der Waals surface area contributed by atoms with Gasteiger partial charge in [-0.25, -0.2) is 0 Å². The summed E-state index contributed by atoms with van der Waals surface area (Å²) in [5.41, 5.74) is 4.50. The van der Waals surface area contributed by atoms with Gasteiger partial charge in [-0.1, -0.05) is 45.7 Å². The molecular weight excluding hydrogens is 331 g/mol. The van der Waals surface area contributed by atoms with E-state index in [0.29, 0.717) is 5.02 Å². The van der Waals surface area contributed by atoms with Crippen molar-refractivity contribution in [2.75, 3.05) is 0 Å². The summed E-state index contributed by atoms with van der Waals surface area (Å²) < 4.78 is 0.983. The first-order valence-electron chi connectivity index (χ1n) is 5.65. The lowest BCUT2D eigenvalue weighted by atomic mass is 10.00. The minimum atomic E-state index is -0.228. The maximum absolute atomic E-state index is 6.53. The number of halogens is 3. The van der Waals surface area contributed by atoms with Crippen LogP contribution in [0, 0.1) is 13.8 Å². The van der Waals surface area contributed by atoms with Crippen LogP contribution in [0.25, 0.3) is 0 Å². The second-order valence-corrected chi connectivity index (χ2v) is 6.13. The second kappa shape index (κ2) is 5.64. The SMILES string of the molecule is Cc1ccc(C(Cl)c2cc(Br)ccc2Cl)cc1C. The molecule has 0 aliphatic heterocycles. The van der Waals surface area contributed by atoms with Crippen LogP contribution in [0.4, 0.5) is 0 Å². The highest BCUT2D eigenvalue weighted by Gasteiger charge is 2.15. The smallest absolute Gasteiger partial charge is 0.0850 e. The molecule has 2 aromatic carbocycles. The molecule has 94 valence electrons. The summed E-state index contributed by atoms with van der Waals surface area (Å²) in [6.45, 7) is 4.18. The van der Waals surface area contributed by atoms with Gasteiger partial charge in [0.1, 0.15) is 0 Å². The Morgan fingerprint density at radius 1 is 1.00 bits per heavy atom. The number of alkyl halides is 1. The van der Waals surface area contributed by atoms with Crippen LogP contribution in [0.1, 0.15) is 27.6 Å². The van der Waals surface area contributed by atoms with Gasteiger partial charge in [0.15, 0.2) is 0 Å². The molecule has 1 atom stereocenters. The molecule has 0 radical (unpaired) electrons. The van der Waals surface area contributed by atoms with Gasteiger partial charge in [0, 0.05) is 9.50 Å². The van der Waals surface area contributed by atoms with Crippen LogP contribution in [0.15, 0.2) is 40.9 Å². The maximum Gasteiger partial charge on any atom is 0.0850 e. The van der Waals surface area contributed by atoms with Crippen molar-refractivity contribution in [3.8, 4) is 0 Å². The zero-order valence-corrected chi connectivity index (χ0v) is 13.3. The van der Waals surface area contributed by atoms with Crippen LogP contribution in [-0.2, 0) is 0 Å². The van der Waals surface area contributed by atoms with E-state index in [1.807, 2.05) is 18.2 Å². The van der Waals surface area contributed by atoms with Gasteiger partial charge in [0.2, 0.25) is 0 Å². The fourth-order valence-corrected chi connectivity index (χ4v) is 2.79. The van der Waals surface area contributed by atoms with Crippen molar-refractivity contribution in [2.45, 2.75) is 19.2 Å². The molecule has 0 aliphatic rings. The van der Waals surface area contributed by atoms with Crippen LogP contribution >= 0.6 is 39.1 Å². The maximum atomic E-state index is 6.53. The third kappa shape index (κ3) is 2.90. The number of rotatable bonds is 2. The van der Waals surface area contributed by atoms with Crippen molar-refractivity contribution in [2.24, 2.45) is 0 Å². The van der Waals surface area contributed by atoms with E-state index in [9.17, 15) is 0 Å². The van der Waals surface area contributed by atoms with Crippen molar-refractivity contribution in [1.29, 1.82) is 0 Å². The number of benzene rings is 2. The van der Waals surface area contributed by atoms with Crippen LogP contribution < -0.4 is 0 Å². The van der Waals surface area contributed by atoms with E-state index in [4.69, 9.17) is 23.2 Å². The Labute approximate surface area is 126 Å². The molecule has 0 spiro atoms. The third-order valence-corrected chi connectivity index (χ3v) is 4.38. The van der Waals surface area contributed by atoms with Crippen LogP contribution in [0.5, 0.6) is 0 Å². The van der Waals surface area contributed by atoms with Gasteiger partial charge >= 0.3 is 0 Å². The molecule has 0 amide bonds. The van der Waals surface area contributed by atoms with Gasteiger partial charge in [-0.15, -0.1) is 11.6 Å². The molecule has 0 saturated carbocycles. The Hall–Kier alpha value is -0.500. The van der Waals surface area contributed by atoms with E-state index >= 15 is 0 Å². The number of hydrogen-bond donors (Lipinski definition) is 0. The van der Waals surface area contributed by atoms with Gasteiger partial charge < -0.3 is 0 Å². The van der Waals surface area contributed by atoms with E-state index in [0.717, 1.165) is 15.6 Å².